The summed E-state index contributed by atoms with van der Waals surface area (Å²) in [6.07, 6.45) is 4.37. The SMILES string of the molecule is CC1CCCCC1NC(=O)COC(=O)c1ccc(=O)n(C)n1. The minimum Gasteiger partial charge on any atom is -0.451 e. The summed E-state index contributed by atoms with van der Waals surface area (Å²) in [7, 11) is 1.44. The van der Waals surface area contributed by atoms with E-state index in [2.05, 4.69) is 17.3 Å². The number of aromatic nitrogens is 2. The molecule has 22 heavy (non-hydrogen) atoms. The zero-order valence-corrected chi connectivity index (χ0v) is 12.9. The number of rotatable bonds is 4. The Bertz CT molecular complexity index is 611. The summed E-state index contributed by atoms with van der Waals surface area (Å²) in [5, 5.41) is 6.68. The smallest absolute Gasteiger partial charge is 0.359 e. The predicted octanol–water partition coefficient (Wildman–Crippen LogP) is 0.632. The maximum Gasteiger partial charge on any atom is 0.359 e. The highest BCUT2D eigenvalue weighted by Gasteiger charge is 2.23. The summed E-state index contributed by atoms with van der Waals surface area (Å²) in [6, 6.07) is 2.66. The Kier molecular flexibility index (Phi) is 5.30. The van der Waals surface area contributed by atoms with Gasteiger partial charge in [0, 0.05) is 19.2 Å². The minimum atomic E-state index is -0.720. The highest BCUT2D eigenvalue weighted by atomic mass is 16.5. The Labute approximate surface area is 128 Å². The second-order valence-electron chi connectivity index (χ2n) is 5.69. The van der Waals surface area contributed by atoms with Crippen LogP contribution in [-0.4, -0.2) is 34.3 Å². The zero-order chi connectivity index (χ0) is 16.1. The van der Waals surface area contributed by atoms with Crippen LogP contribution in [0.2, 0.25) is 0 Å². The minimum absolute atomic E-state index is 0.000865. The number of nitrogens with one attached hydrogen (secondary N) is 1. The van der Waals surface area contributed by atoms with Crippen molar-refractivity contribution in [1.29, 1.82) is 0 Å². The van der Waals surface area contributed by atoms with Crippen molar-refractivity contribution in [1.82, 2.24) is 15.1 Å². The van der Waals surface area contributed by atoms with Gasteiger partial charge in [0.15, 0.2) is 12.3 Å². The van der Waals surface area contributed by atoms with Crippen molar-refractivity contribution in [3.63, 3.8) is 0 Å². The van der Waals surface area contributed by atoms with Crippen molar-refractivity contribution in [2.24, 2.45) is 13.0 Å². The molecular formula is C15H21N3O4. The lowest BCUT2D eigenvalue weighted by Crippen LogP contribution is -2.43. The third-order valence-electron chi connectivity index (χ3n) is 3.96. The maximum atomic E-state index is 11.8. The fourth-order valence-corrected chi connectivity index (χ4v) is 2.60. The van der Waals surface area contributed by atoms with Crippen LogP contribution in [0.4, 0.5) is 0 Å². The number of nitrogens with zero attached hydrogens (tertiary/aromatic N) is 2. The molecule has 1 aliphatic rings. The van der Waals surface area contributed by atoms with Gasteiger partial charge in [0.25, 0.3) is 11.5 Å². The van der Waals surface area contributed by atoms with Gasteiger partial charge < -0.3 is 10.1 Å². The molecule has 0 aliphatic heterocycles. The van der Waals surface area contributed by atoms with Gasteiger partial charge in [-0.15, -0.1) is 0 Å². The molecule has 1 amide bonds. The molecule has 120 valence electrons. The van der Waals surface area contributed by atoms with E-state index in [1.54, 1.807) is 0 Å². The molecular weight excluding hydrogens is 286 g/mol. The summed E-state index contributed by atoms with van der Waals surface area (Å²) in [6.45, 7) is 1.77. The van der Waals surface area contributed by atoms with Gasteiger partial charge in [0.2, 0.25) is 0 Å². The molecule has 1 aromatic heterocycles. The third-order valence-corrected chi connectivity index (χ3v) is 3.96. The first-order chi connectivity index (χ1) is 10.5. The third kappa shape index (κ3) is 4.16. The highest BCUT2D eigenvalue weighted by Crippen LogP contribution is 2.23. The summed E-state index contributed by atoms with van der Waals surface area (Å²) in [5.74, 6) is -0.585. The van der Waals surface area contributed by atoms with E-state index in [0.717, 1.165) is 23.9 Å². The van der Waals surface area contributed by atoms with Crippen molar-refractivity contribution in [3.05, 3.63) is 28.2 Å². The van der Waals surface area contributed by atoms with Gasteiger partial charge in [-0.3, -0.25) is 9.59 Å². The van der Waals surface area contributed by atoms with Crippen molar-refractivity contribution < 1.29 is 14.3 Å². The van der Waals surface area contributed by atoms with Crippen molar-refractivity contribution in [3.8, 4) is 0 Å². The lowest BCUT2D eigenvalue weighted by Gasteiger charge is -2.29. The number of esters is 1. The number of hydrogen-bond donors (Lipinski definition) is 1. The Morgan fingerprint density at radius 3 is 2.77 bits per heavy atom. The number of carbonyl (C=O) groups is 2. The Hall–Kier alpha value is -2.18. The van der Waals surface area contributed by atoms with E-state index in [1.165, 1.54) is 25.6 Å². The molecule has 1 fully saturated rings. The van der Waals surface area contributed by atoms with Gasteiger partial charge in [-0.2, -0.15) is 5.10 Å². The molecule has 2 atom stereocenters. The van der Waals surface area contributed by atoms with Gasteiger partial charge in [0.1, 0.15) is 0 Å². The van der Waals surface area contributed by atoms with Crippen LogP contribution in [0, 0.1) is 5.92 Å². The predicted molar refractivity (Wildman–Crippen MR) is 79.3 cm³/mol. The summed E-state index contributed by atoms with van der Waals surface area (Å²) >= 11 is 0. The second kappa shape index (κ2) is 7.20. The Morgan fingerprint density at radius 1 is 1.36 bits per heavy atom. The van der Waals surface area contributed by atoms with E-state index < -0.39 is 5.97 Å². The summed E-state index contributed by atoms with van der Waals surface area (Å²) in [4.78, 5) is 34.8. The van der Waals surface area contributed by atoms with Crippen LogP contribution in [0.1, 0.15) is 43.1 Å². The van der Waals surface area contributed by atoms with Gasteiger partial charge in [-0.1, -0.05) is 19.8 Å². The highest BCUT2D eigenvalue weighted by molar-refractivity contribution is 5.89. The monoisotopic (exact) mass is 307 g/mol. The maximum absolute atomic E-state index is 11.8. The van der Waals surface area contributed by atoms with Crippen LogP contribution in [0.3, 0.4) is 0 Å². The Balaban J connectivity index is 1.83. The van der Waals surface area contributed by atoms with E-state index in [4.69, 9.17) is 4.74 Å². The first-order valence-corrected chi connectivity index (χ1v) is 7.48. The molecule has 1 aromatic rings. The van der Waals surface area contributed by atoms with Gasteiger partial charge in [0.05, 0.1) is 0 Å². The van der Waals surface area contributed by atoms with E-state index in [1.807, 2.05) is 0 Å². The second-order valence-corrected chi connectivity index (χ2v) is 5.69. The normalized spacial score (nSPS) is 21.2. The number of hydrogen-bond acceptors (Lipinski definition) is 5. The molecule has 0 spiro atoms. The van der Waals surface area contributed by atoms with E-state index >= 15 is 0 Å². The molecule has 0 radical (unpaired) electrons. The van der Waals surface area contributed by atoms with Crippen LogP contribution in [0.25, 0.3) is 0 Å². The van der Waals surface area contributed by atoms with Crippen molar-refractivity contribution in [2.45, 2.75) is 38.6 Å². The van der Waals surface area contributed by atoms with Crippen LogP contribution >= 0.6 is 0 Å². The van der Waals surface area contributed by atoms with Crippen molar-refractivity contribution in [2.75, 3.05) is 6.61 Å². The molecule has 0 bridgehead atoms. The molecule has 2 unspecified atom stereocenters. The molecule has 1 aliphatic carbocycles. The average molecular weight is 307 g/mol. The average Bonchev–Trinajstić information content (AvgIpc) is 2.50. The number of aryl methyl sites for hydroxylation is 1. The van der Waals surface area contributed by atoms with E-state index in [9.17, 15) is 14.4 Å². The number of amides is 1. The standard InChI is InChI=1S/C15H21N3O4/c1-10-5-3-4-6-11(10)16-13(19)9-22-15(21)12-7-8-14(20)18(2)17-12/h7-8,10-11H,3-6,9H2,1-2H3,(H,16,19). The van der Waals surface area contributed by atoms with Crippen LogP contribution < -0.4 is 10.9 Å². The molecule has 0 aromatic carbocycles. The molecule has 7 nitrogen and oxygen atoms in total. The fraction of sp³-hybridized carbons (Fsp3) is 0.600. The molecule has 1 N–H and O–H groups in total. The van der Waals surface area contributed by atoms with Gasteiger partial charge >= 0.3 is 5.97 Å². The van der Waals surface area contributed by atoms with Crippen LogP contribution in [0.5, 0.6) is 0 Å². The van der Waals surface area contributed by atoms with Gasteiger partial charge in [-0.05, 0) is 24.8 Å². The largest absolute Gasteiger partial charge is 0.451 e. The fourth-order valence-electron chi connectivity index (χ4n) is 2.60. The molecule has 0 saturated heterocycles. The van der Waals surface area contributed by atoms with Crippen LogP contribution in [-0.2, 0) is 16.6 Å². The number of carbonyl (C=O) groups excluding carboxylic acids is 2. The van der Waals surface area contributed by atoms with Gasteiger partial charge in [-0.25, -0.2) is 9.48 Å². The lowest BCUT2D eigenvalue weighted by molar-refractivity contribution is -0.125. The van der Waals surface area contributed by atoms with Crippen LogP contribution in [0.15, 0.2) is 16.9 Å². The first kappa shape index (κ1) is 16.2. The first-order valence-electron chi connectivity index (χ1n) is 7.48. The molecule has 1 heterocycles. The summed E-state index contributed by atoms with van der Waals surface area (Å²) < 4.78 is 5.97. The lowest BCUT2D eigenvalue weighted by atomic mass is 9.86. The zero-order valence-electron chi connectivity index (χ0n) is 12.9. The molecule has 7 heteroatoms. The Morgan fingerprint density at radius 2 is 2.09 bits per heavy atom. The van der Waals surface area contributed by atoms with Crippen molar-refractivity contribution >= 4 is 11.9 Å². The topological polar surface area (TPSA) is 90.3 Å². The van der Waals surface area contributed by atoms with E-state index in [-0.39, 0.29) is 29.8 Å². The quantitative estimate of drug-likeness (QED) is 0.824. The molecule has 2 rings (SSSR count). The number of ether oxygens (including phenoxy) is 1. The molecule has 1 saturated carbocycles. The van der Waals surface area contributed by atoms with E-state index in [0.29, 0.717) is 5.92 Å². The summed E-state index contributed by atoms with van der Waals surface area (Å²) in [5.41, 5.74) is -0.318.